The molecular formula is C18H21NO6. The highest BCUT2D eigenvalue weighted by Crippen LogP contribution is 2.24. The van der Waals surface area contributed by atoms with Crippen molar-refractivity contribution in [1.29, 1.82) is 0 Å². The predicted octanol–water partition coefficient (Wildman–Crippen LogP) is 2.10. The number of hydrogen-bond acceptors (Lipinski definition) is 5. The number of carbonyl (C=O) groups is 2. The number of nitrogens with one attached hydrogen (secondary N) is 1. The van der Waals surface area contributed by atoms with Crippen LogP contribution in [0.5, 0.6) is 5.75 Å². The molecule has 2 rings (SSSR count). The maximum atomic E-state index is 11.9. The van der Waals surface area contributed by atoms with Crippen molar-refractivity contribution in [3.63, 3.8) is 0 Å². The van der Waals surface area contributed by atoms with Crippen LogP contribution in [0.15, 0.2) is 33.5 Å². The second-order valence-electron chi connectivity index (χ2n) is 5.83. The van der Waals surface area contributed by atoms with E-state index in [0.29, 0.717) is 11.3 Å². The van der Waals surface area contributed by atoms with Crippen molar-refractivity contribution in [3.8, 4) is 5.75 Å². The molecule has 2 aromatic rings. The lowest BCUT2D eigenvalue weighted by atomic mass is 10.1. The van der Waals surface area contributed by atoms with Crippen molar-refractivity contribution >= 4 is 22.8 Å². The molecule has 0 spiro atoms. The van der Waals surface area contributed by atoms with Crippen LogP contribution < -0.4 is 15.7 Å². The van der Waals surface area contributed by atoms with E-state index in [4.69, 9.17) is 14.3 Å². The maximum absolute atomic E-state index is 11.9. The molecule has 7 heteroatoms. The van der Waals surface area contributed by atoms with E-state index < -0.39 is 29.6 Å². The number of carboxylic acid groups (broad SMARTS) is 1. The number of ether oxygens (including phenoxy) is 1. The number of carboxylic acids is 1. The SMILES string of the molecule is CCCc1cc(=O)oc2cc(OC(C)C(=O)N[C@@H](C)C(=O)O)ccc12. The summed E-state index contributed by atoms with van der Waals surface area (Å²) in [5.41, 5.74) is 0.857. The fourth-order valence-electron chi connectivity index (χ4n) is 2.41. The van der Waals surface area contributed by atoms with Crippen LogP contribution in [0.1, 0.15) is 32.8 Å². The zero-order valence-corrected chi connectivity index (χ0v) is 14.4. The number of hydrogen-bond donors (Lipinski definition) is 2. The molecule has 0 aliphatic rings. The second-order valence-corrected chi connectivity index (χ2v) is 5.83. The first-order chi connectivity index (χ1) is 11.8. The fraction of sp³-hybridized carbons (Fsp3) is 0.389. The van der Waals surface area contributed by atoms with Crippen LogP contribution in [0, 0.1) is 0 Å². The van der Waals surface area contributed by atoms with Gasteiger partial charge in [-0.1, -0.05) is 13.3 Å². The molecule has 1 aromatic carbocycles. The second kappa shape index (κ2) is 7.83. The van der Waals surface area contributed by atoms with Crippen LogP contribution >= 0.6 is 0 Å². The van der Waals surface area contributed by atoms with Crippen molar-refractivity contribution in [2.24, 2.45) is 0 Å². The van der Waals surface area contributed by atoms with Gasteiger partial charge < -0.3 is 19.6 Å². The fourth-order valence-corrected chi connectivity index (χ4v) is 2.41. The Bertz CT molecular complexity index is 841. The predicted molar refractivity (Wildman–Crippen MR) is 91.8 cm³/mol. The molecule has 0 saturated heterocycles. The minimum absolute atomic E-state index is 0.356. The van der Waals surface area contributed by atoms with Crippen LogP contribution in [0.2, 0.25) is 0 Å². The van der Waals surface area contributed by atoms with Gasteiger partial charge in [-0.2, -0.15) is 0 Å². The Labute approximate surface area is 144 Å². The summed E-state index contributed by atoms with van der Waals surface area (Å²) in [6.45, 7) is 4.90. The number of rotatable bonds is 7. The maximum Gasteiger partial charge on any atom is 0.336 e. The van der Waals surface area contributed by atoms with Crippen molar-refractivity contribution in [2.75, 3.05) is 0 Å². The third kappa shape index (κ3) is 4.59. The molecule has 0 radical (unpaired) electrons. The van der Waals surface area contributed by atoms with E-state index in [9.17, 15) is 14.4 Å². The Balaban J connectivity index is 2.20. The smallest absolute Gasteiger partial charge is 0.336 e. The highest BCUT2D eigenvalue weighted by atomic mass is 16.5. The van der Waals surface area contributed by atoms with Gasteiger partial charge in [-0.3, -0.25) is 9.59 Å². The summed E-state index contributed by atoms with van der Waals surface area (Å²) in [5.74, 6) is -1.32. The molecule has 25 heavy (non-hydrogen) atoms. The summed E-state index contributed by atoms with van der Waals surface area (Å²) >= 11 is 0. The molecule has 0 aliphatic carbocycles. The number of benzene rings is 1. The van der Waals surface area contributed by atoms with Crippen molar-refractivity contribution in [1.82, 2.24) is 5.32 Å². The number of aliphatic carboxylic acids is 1. The first kappa shape index (κ1) is 18.5. The van der Waals surface area contributed by atoms with Gasteiger partial charge in [0.2, 0.25) is 0 Å². The molecule has 0 saturated carbocycles. The Hall–Kier alpha value is -2.83. The minimum atomic E-state index is -1.13. The Kier molecular flexibility index (Phi) is 5.80. The third-order valence-electron chi connectivity index (χ3n) is 3.73. The molecule has 1 aromatic heterocycles. The molecule has 1 amide bonds. The monoisotopic (exact) mass is 347 g/mol. The van der Waals surface area contributed by atoms with E-state index in [-0.39, 0.29) is 0 Å². The third-order valence-corrected chi connectivity index (χ3v) is 3.73. The van der Waals surface area contributed by atoms with Gasteiger partial charge in [-0.25, -0.2) is 4.79 Å². The lowest BCUT2D eigenvalue weighted by molar-refractivity contribution is -0.142. The average molecular weight is 347 g/mol. The first-order valence-corrected chi connectivity index (χ1v) is 8.08. The van der Waals surface area contributed by atoms with Crippen LogP contribution in [0.3, 0.4) is 0 Å². The van der Waals surface area contributed by atoms with Crippen LogP contribution in [0.4, 0.5) is 0 Å². The highest BCUT2D eigenvalue weighted by Gasteiger charge is 2.20. The summed E-state index contributed by atoms with van der Waals surface area (Å²) in [5, 5.41) is 12.0. The van der Waals surface area contributed by atoms with Crippen LogP contribution in [0.25, 0.3) is 11.0 Å². The lowest BCUT2D eigenvalue weighted by Crippen LogP contribution is -2.44. The first-order valence-electron chi connectivity index (χ1n) is 8.08. The summed E-state index contributed by atoms with van der Waals surface area (Å²) < 4.78 is 10.8. The van der Waals surface area contributed by atoms with Gasteiger partial charge in [0.15, 0.2) is 6.10 Å². The summed E-state index contributed by atoms with van der Waals surface area (Å²) in [4.78, 5) is 34.4. The number of carbonyl (C=O) groups excluding carboxylic acids is 1. The molecule has 7 nitrogen and oxygen atoms in total. The Morgan fingerprint density at radius 3 is 2.64 bits per heavy atom. The standard InChI is InChI=1S/C18H21NO6/c1-4-5-12-8-16(20)25-15-9-13(6-7-14(12)15)24-11(3)17(21)19-10(2)18(22)23/h6-11H,4-5H2,1-3H3,(H,19,21)(H,22,23)/t10-,11?/m0/s1. The molecule has 0 fully saturated rings. The molecule has 1 unspecified atom stereocenters. The topological polar surface area (TPSA) is 106 Å². The van der Waals surface area contributed by atoms with Gasteiger partial charge in [-0.05, 0) is 38.0 Å². The van der Waals surface area contributed by atoms with E-state index in [0.717, 1.165) is 23.8 Å². The van der Waals surface area contributed by atoms with E-state index in [1.54, 1.807) is 18.2 Å². The zero-order valence-electron chi connectivity index (χ0n) is 14.4. The zero-order chi connectivity index (χ0) is 18.6. The highest BCUT2D eigenvalue weighted by molar-refractivity contribution is 5.86. The van der Waals surface area contributed by atoms with E-state index in [1.807, 2.05) is 6.92 Å². The number of amides is 1. The summed E-state index contributed by atoms with van der Waals surface area (Å²) in [7, 11) is 0. The molecule has 1 heterocycles. The molecule has 0 bridgehead atoms. The Morgan fingerprint density at radius 1 is 1.28 bits per heavy atom. The average Bonchev–Trinajstić information content (AvgIpc) is 2.54. The van der Waals surface area contributed by atoms with Crippen LogP contribution in [-0.4, -0.2) is 29.1 Å². The van der Waals surface area contributed by atoms with Gasteiger partial charge in [0, 0.05) is 17.5 Å². The van der Waals surface area contributed by atoms with Crippen molar-refractivity contribution in [3.05, 3.63) is 40.2 Å². The number of aryl methyl sites for hydroxylation is 1. The normalized spacial score (nSPS) is 13.2. The molecule has 2 N–H and O–H groups in total. The van der Waals surface area contributed by atoms with Gasteiger partial charge in [-0.15, -0.1) is 0 Å². The van der Waals surface area contributed by atoms with E-state index in [2.05, 4.69) is 5.32 Å². The molecular weight excluding hydrogens is 326 g/mol. The largest absolute Gasteiger partial charge is 0.481 e. The van der Waals surface area contributed by atoms with Gasteiger partial charge in [0.25, 0.3) is 5.91 Å². The quantitative estimate of drug-likeness (QED) is 0.743. The number of fused-ring (bicyclic) bond motifs is 1. The van der Waals surface area contributed by atoms with Gasteiger partial charge in [0.05, 0.1) is 0 Å². The van der Waals surface area contributed by atoms with E-state index >= 15 is 0 Å². The minimum Gasteiger partial charge on any atom is -0.481 e. The van der Waals surface area contributed by atoms with Gasteiger partial charge >= 0.3 is 11.6 Å². The van der Waals surface area contributed by atoms with Crippen molar-refractivity contribution < 1.29 is 23.8 Å². The molecule has 134 valence electrons. The van der Waals surface area contributed by atoms with Gasteiger partial charge in [0.1, 0.15) is 17.4 Å². The molecule has 0 aliphatic heterocycles. The van der Waals surface area contributed by atoms with Crippen LogP contribution in [-0.2, 0) is 16.0 Å². The van der Waals surface area contributed by atoms with E-state index in [1.165, 1.54) is 19.9 Å². The lowest BCUT2D eigenvalue weighted by Gasteiger charge is -2.17. The Morgan fingerprint density at radius 2 is 2.00 bits per heavy atom. The van der Waals surface area contributed by atoms with Crippen molar-refractivity contribution in [2.45, 2.75) is 45.8 Å². The molecule has 2 atom stereocenters. The summed E-state index contributed by atoms with van der Waals surface area (Å²) in [6, 6.07) is 5.50. The summed E-state index contributed by atoms with van der Waals surface area (Å²) in [6.07, 6.45) is 0.758.